The zero-order chi connectivity index (χ0) is 25.2. The van der Waals surface area contributed by atoms with Crippen molar-refractivity contribution in [3.63, 3.8) is 0 Å². The summed E-state index contributed by atoms with van der Waals surface area (Å²) in [6.07, 6.45) is -4.49. The van der Waals surface area contributed by atoms with Gasteiger partial charge in [0.1, 0.15) is 17.3 Å². The molecular formula is C26H20F4N2O3. The SMILES string of the molecule is COc1ccc(-c2cc(C(=O)NCc3cccc(C(F)(F)F)c3)c3cc(F)ccc3n2)c(OC)c1. The molecule has 0 radical (unpaired) electrons. The van der Waals surface area contributed by atoms with Gasteiger partial charge in [0, 0.05) is 23.6 Å². The van der Waals surface area contributed by atoms with Gasteiger partial charge in [-0.1, -0.05) is 12.1 Å². The van der Waals surface area contributed by atoms with E-state index in [2.05, 4.69) is 10.3 Å². The lowest BCUT2D eigenvalue weighted by molar-refractivity contribution is -0.137. The highest BCUT2D eigenvalue weighted by Gasteiger charge is 2.30. The van der Waals surface area contributed by atoms with Crippen molar-refractivity contribution in [2.45, 2.75) is 12.7 Å². The number of hydrogen-bond donors (Lipinski definition) is 1. The number of rotatable bonds is 6. The van der Waals surface area contributed by atoms with Crippen LogP contribution in [-0.4, -0.2) is 25.1 Å². The van der Waals surface area contributed by atoms with Gasteiger partial charge in [-0.2, -0.15) is 13.2 Å². The molecule has 1 amide bonds. The maximum absolute atomic E-state index is 14.0. The highest BCUT2D eigenvalue weighted by molar-refractivity contribution is 6.07. The Bertz CT molecular complexity index is 1400. The summed E-state index contributed by atoms with van der Waals surface area (Å²) in [5.41, 5.74) is 0.920. The summed E-state index contributed by atoms with van der Waals surface area (Å²) >= 11 is 0. The van der Waals surface area contributed by atoms with Crippen molar-refractivity contribution in [1.82, 2.24) is 10.3 Å². The van der Waals surface area contributed by atoms with Crippen LogP contribution in [0.1, 0.15) is 21.5 Å². The first-order chi connectivity index (χ1) is 16.7. The molecule has 3 aromatic carbocycles. The fraction of sp³-hybridized carbons (Fsp3) is 0.154. The molecule has 35 heavy (non-hydrogen) atoms. The Hall–Kier alpha value is -4.14. The van der Waals surface area contributed by atoms with Crippen molar-refractivity contribution < 1.29 is 31.8 Å². The van der Waals surface area contributed by atoms with Gasteiger partial charge in [0.25, 0.3) is 5.91 Å². The van der Waals surface area contributed by atoms with Gasteiger partial charge in [-0.25, -0.2) is 9.37 Å². The number of benzene rings is 3. The highest BCUT2D eigenvalue weighted by Crippen LogP contribution is 2.34. The molecule has 0 unspecified atom stereocenters. The Morgan fingerprint density at radius 3 is 2.49 bits per heavy atom. The Morgan fingerprint density at radius 2 is 1.77 bits per heavy atom. The number of fused-ring (bicyclic) bond motifs is 1. The van der Waals surface area contributed by atoms with E-state index in [1.807, 2.05) is 0 Å². The number of ether oxygens (including phenoxy) is 2. The van der Waals surface area contributed by atoms with Gasteiger partial charge in [0.15, 0.2) is 0 Å². The molecule has 9 heteroatoms. The number of aromatic nitrogens is 1. The third kappa shape index (κ3) is 5.18. The topological polar surface area (TPSA) is 60.5 Å². The molecule has 0 fully saturated rings. The van der Waals surface area contributed by atoms with Crippen molar-refractivity contribution in [3.8, 4) is 22.8 Å². The van der Waals surface area contributed by atoms with E-state index in [1.165, 1.54) is 50.6 Å². The van der Waals surface area contributed by atoms with E-state index in [1.54, 1.807) is 18.2 Å². The number of alkyl halides is 3. The van der Waals surface area contributed by atoms with Crippen LogP contribution in [0.15, 0.2) is 66.7 Å². The summed E-state index contributed by atoms with van der Waals surface area (Å²) in [7, 11) is 3.00. The smallest absolute Gasteiger partial charge is 0.416 e. The Kier molecular flexibility index (Phi) is 6.59. The average molecular weight is 484 g/mol. The Balaban J connectivity index is 1.73. The van der Waals surface area contributed by atoms with Crippen LogP contribution < -0.4 is 14.8 Å². The van der Waals surface area contributed by atoms with Crippen LogP contribution >= 0.6 is 0 Å². The van der Waals surface area contributed by atoms with E-state index >= 15 is 0 Å². The lowest BCUT2D eigenvalue weighted by Crippen LogP contribution is -2.23. The Labute approximate surface area is 198 Å². The lowest BCUT2D eigenvalue weighted by atomic mass is 10.0. The lowest BCUT2D eigenvalue weighted by Gasteiger charge is -2.14. The molecule has 0 saturated carbocycles. The number of carbonyl (C=O) groups excluding carboxylic acids is 1. The summed E-state index contributed by atoms with van der Waals surface area (Å²) in [5, 5.41) is 2.89. The van der Waals surface area contributed by atoms with Crippen molar-refractivity contribution in [1.29, 1.82) is 0 Å². The zero-order valence-electron chi connectivity index (χ0n) is 18.7. The molecule has 0 spiro atoms. The third-order valence-electron chi connectivity index (χ3n) is 5.41. The molecule has 0 saturated heterocycles. The molecule has 4 rings (SSSR count). The monoisotopic (exact) mass is 484 g/mol. The van der Waals surface area contributed by atoms with E-state index in [9.17, 15) is 22.4 Å². The number of amides is 1. The van der Waals surface area contributed by atoms with E-state index in [4.69, 9.17) is 9.47 Å². The maximum atomic E-state index is 14.0. The van der Waals surface area contributed by atoms with Gasteiger partial charge in [0.2, 0.25) is 0 Å². The first kappa shape index (κ1) is 24.0. The molecule has 0 atom stereocenters. The van der Waals surface area contributed by atoms with Gasteiger partial charge in [-0.15, -0.1) is 0 Å². The standard InChI is InChI=1S/C26H20F4N2O3/c1-34-18-7-8-19(24(12-18)35-2)23-13-21(20-11-17(27)6-9-22(20)32-23)25(33)31-14-15-4-3-5-16(10-15)26(28,29)30/h3-13H,14H2,1-2H3,(H,31,33). The predicted octanol–water partition coefficient (Wildman–Crippen LogP) is 6.01. The van der Waals surface area contributed by atoms with E-state index in [0.717, 1.165) is 12.1 Å². The van der Waals surface area contributed by atoms with Gasteiger partial charge in [0.05, 0.1) is 36.6 Å². The molecule has 0 aliphatic rings. The number of hydrogen-bond acceptors (Lipinski definition) is 4. The summed E-state index contributed by atoms with van der Waals surface area (Å²) in [4.78, 5) is 17.7. The second kappa shape index (κ2) is 9.61. The van der Waals surface area contributed by atoms with Crippen LogP contribution in [0.3, 0.4) is 0 Å². The number of halogens is 4. The van der Waals surface area contributed by atoms with Crippen LogP contribution in [0, 0.1) is 5.82 Å². The predicted molar refractivity (Wildman–Crippen MR) is 123 cm³/mol. The molecule has 180 valence electrons. The molecule has 0 bridgehead atoms. The molecular weight excluding hydrogens is 464 g/mol. The zero-order valence-corrected chi connectivity index (χ0v) is 18.7. The normalized spacial score (nSPS) is 11.4. The minimum Gasteiger partial charge on any atom is -0.497 e. The van der Waals surface area contributed by atoms with Gasteiger partial charge in [-0.05, 0) is 54.1 Å². The van der Waals surface area contributed by atoms with Crippen LogP contribution in [0.5, 0.6) is 11.5 Å². The number of methoxy groups -OCH3 is 2. The van der Waals surface area contributed by atoms with Crippen molar-refractivity contribution in [3.05, 3.63) is 89.2 Å². The first-order valence-corrected chi connectivity index (χ1v) is 10.5. The summed E-state index contributed by atoms with van der Waals surface area (Å²) in [6, 6.07) is 15.1. The van der Waals surface area contributed by atoms with Crippen molar-refractivity contribution in [2.24, 2.45) is 0 Å². The molecule has 1 heterocycles. The minimum absolute atomic E-state index is 0.120. The second-order valence-electron chi connectivity index (χ2n) is 7.66. The average Bonchev–Trinajstić information content (AvgIpc) is 2.85. The quantitative estimate of drug-likeness (QED) is 0.341. The van der Waals surface area contributed by atoms with Crippen LogP contribution in [0.4, 0.5) is 17.6 Å². The molecule has 0 aliphatic heterocycles. The van der Waals surface area contributed by atoms with Crippen molar-refractivity contribution in [2.75, 3.05) is 14.2 Å². The van der Waals surface area contributed by atoms with Gasteiger partial charge >= 0.3 is 6.18 Å². The van der Waals surface area contributed by atoms with E-state index < -0.39 is 23.5 Å². The fourth-order valence-electron chi connectivity index (χ4n) is 3.67. The van der Waals surface area contributed by atoms with E-state index in [-0.39, 0.29) is 23.1 Å². The molecule has 4 aromatic rings. The fourth-order valence-corrected chi connectivity index (χ4v) is 3.67. The van der Waals surface area contributed by atoms with Crippen molar-refractivity contribution >= 4 is 16.8 Å². The first-order valence-electron chi connectivity index (χ1n) is 10.5. The molecule has 0 aliphatic carbocycles. The van der Waals surface area contributed by atoms with Crippen LogP contribution in [-0.2, 0) is 12.7 Å². The summed E-state index contributed by atoms with van der Waals surface area (Å²) in [5.74, 6) is -0.128. The molecule has 5 nitrogen and oxygen atoms in total. The largest absolute Gasteiger partial charge is 0.497 e. The number of nitrogens with one attached hydrogen (secondary N) is 1. The minimum atomic E-state index is -4.49. The number of pyridine rings is 1. The third-order valence-corrected chi connectivity index (χ3v) is 5.41. The molecule has 1 aromatic heterocycles. The highest BCUT2D eigenvalue weighted by atomic mass is 19.4. The van der Waals surface area contributed by atoms with E-state index in [0.29, 0.717) is 28.3 Å². The number of carbonyl (C=O) groups is 1. The van der Waals surface area contributed by atoms with Gasteiger partial charge < -0.3 is 14.8 Å². The van der Waals surface area contributed by atoms with Crippen LogP contribution in [0.2, 0.25) is 0 Å². The van der Waals surface area contributed by atoms with Crippen LogP contribution in [0.25, 0.3) is 22.2 Å². The second-order valence-corrected chi connectivity index (χ2v) is 7.66. The summed E-state index contributed by atoms with van der Waals surface area (Å²) < 4.78 is 63.7. The Morgan fingerprint density at radius 1 is 0.971 bits per heavy atom. The maximum Gasteiger partial charge on any atom is 0.416 e. The number of nitrogens with zero attached hydrogens (tertiary/aromatic N) is 1. The molecule has 1 N–H and O–H groups in total. The summed E-state index contributed by atoms with van der Waals surface area (Å²) in [6.45, 7) is -0.150. The van der Waals surface area contributed by atoms with Gasteiger partial charge in [-0.3, -0.25) is 4.79 Å².